The van der Waals surface area contributed by atoms with E-state index in [0.29, 0.717) is 6.54 Å². The topological polar surface area (TPSA) is 61.1 Å². The van der Waals surface area contributed by atoms with Gasteiger partial charge in [-0.2, -0.15) is 5.10 Å². The van der Waals surface area contributed by atoms with E-state index in [-0.39, 0.29) is 0 Å². The second kappa shape index (κ2) is 3.43. The van der Waals surface area contributed by atoms with Crippen LogP contribution in [-0.4, -0.2) is 19.2 Å². The number of thiazole rings is 1. The molecular weight excluding hydrogens is 222 g/mol. The summed E-state index contributed by atoms with van der Waals surface area (Å²) in [6.07, 6.45) is 5.82. The Hall–Kier alpha value is -1.66. The van der Waals surface area contributed by atoms with Crippen LogP contribution >= 0.6 is 11.3 Å². The van der Waals surface area contributed by atoms with Gasteiger partial charge in [0, 0.05) is 36.9 Å². The van der Waals surface area contributed by atoms with Crippen molar-refractivity contribution < 1.29 is 0 Å². The van der Waals surface area contributed by atoms with E-state index in [9.17, 15) is 0 Å². The van der Waals surface area contributed by atoms with E-state index in [4.69, 9.17) is 5.73 Å². The van der Waals surface area contributed by atoms with E-state index < -0.39 is 0 Å². The second-order valence-corrected chi connectivity index (χ2v) is 4.45. The van der Waals surface area contributed by atoms with E-state index in [1.165, 1.54) is 0 Å². The van der Waals surface area contributed by atoms with Crippen molar-refractivity contribution in [1.82, 2.24) is 19.2 Å². The quantitative estimate of drug-likeness (QED) is 0.724. The molecule has 5 nitrogen and oxygen atoms in total. The lowest BCUT2D eigenvalue weighted by molar-refractivity contribution is 0.768. The maximum atomic E-state index is 5.58. The summed E-state index contributed by atoms with van der Waals surface area (Å²) < 4.78 is 3.85. The first-order valence-corrected chi connectivity index (χ1v) is 5.80. The van der Waals surface area contributed by atoms with Crippen LogP contribution in [0, 0.1) is 0 Å². The molecule has 6 heteroatoms. The van der Waals surface area contributed by atoms with Gasteiger partial charge in [-0.1, -0.05) is 0 Å². The van der Waals surface area contributed by atoms with Gasteiger partial charge in [0.2, 0.25) is 0 Å². The van der Waals surface area contributed by atoms with Gasteiger partial charge in [-0.25, -0.2) is 4.98 Å². The molecule has 0 saturated carbocycles. The van der Waals surface area contributed by atoms with Crippen LogP contribution in [0.2, 0.25) is 0 Å². The largest absolute Gasteiger partial charge is 0.325 e. The number of nitrogens with two attached hydrogens (primary N) is 1. The highest BCUT2D eigenvalue weighted by Crippen LogP contribution is 2.25. The third kappa shape index (κ3) is 1.35. The number of rotatable bonds is 2. The van der Waals surface area contributed by atoms with Crippen molar-refractivity contribution in [3.8, 4) is 11.3 Å². The van der Waals surface area contributed by atoms with Crippen molar-refractivity contribution in [1.29, 1.82) is 0 Å². The maximum absolute atomic E-state index is 5.58. The number of aryl methyl sites for hydroxylation is 1. The molecule has 0 amide bonds. The first-order valence-electron chi connectivity index (χ1n) is 4.92. The highest BCUT2D eigenvalue weighted by atomic mass is 32.1. The Bertz CT molecular complexity index is 633. The first-order chi connectivity index (χ1) is 7.78. The zero-order valence-corrected chi connectivity index (χ0v) is 9.61. The minimum atomic E-state index is 0.473. The SMILES string of the molecule is Cn1cc(-c2csc3nc(CN)cn23)cn1. The van der Waals surface area contributed by atoms with Crippen molar-refractivity contribution >= 4 is 16.3 Å². The molecule has 0 aliphatic carbocycles. The molecule has 0 aliphatic rings. The van der Waals surface area contributed by atoms with Crippen LogP contribution in [0.15, 0.2) is 24.0 Å². The van der Waals surface area contributed by atoms with E-state index in [2.05, 4.69) is 19.9 Å². The van der Waals surface area contributed by atoms with E-state index >= 15 is 0 Å². The number of nitrogens with zero attached hydrogens (tertiary/aromatic N) is 4. The van der Waals surface area contributed by atoms with Crippen molar-refractivity contribution in [3.05, 3.63) is 29.7 Å². The zero-order chi connectivity index (χ0) is 11.1. The van der Waals surface area contributed by atoms with Gasteiger partial charge in [-0.05, 0) is 0 Å². The molecule has 3 aromatic heterocycles. The molecule has 2 N–H and O–H groups in total. The molecule has 0 saturated heterocycles. The smallest absolute Gasteiger partial charge is 0.194 e. The zero-order valence-electron chi connectivity index (χ0n) is 8.79. The van der Waals surface area contributed by atoms with Gasteiger partial charge in [-0.15, -0.1) is 11.3 Å². The lowest BCUT2D eigenvalue weighted by atomic mass is 10.3. The normalized spacial score (nSPS) is 11.4. The molecule has 0 fully saturated rings. The Kier molecular flexibility index (Phi) is 2.05. The van der Waals surface area contributed by atoms with Crippen molar-refractivity contribution in [3.63, 3.8) is 0 Å². The first kappa shape index (κ1) is 9.56. The number of aromatic nitrogens is 4. The molecule has 3 aromatic rings. The molecule has 0 aromatic carbocycles. The molecule has 0 bridgehead atoms. The third-order valence-corrected chi connectivity index (χ3v) is 3.31. The summed E-state index contributed by atoms with van der Waals surface area (Å²) in [5.41, 5.74) is 8.70. The molecule has 16 heavy (non-hydrogen) atoms. The summed E-state index contributed by atoms with van der Waals surface area (Å²) in [4.78, 5) is 5.39. The maximum Gasteiger partial charge on any atom is 0.194 e. The van der Waals surface area contributed by atoms with Gasteiger partial charge in [0.1, 0.15) is 0 Å². The van der Waals surface area contributed by atoms with Gasteiger partial charge in [0.25, 0.3) is 0 Å². The summed E-state index contributed by atoms with van der Waals surface area (Å²) in [5, 5.41) is 6.25. The van der Waals surface area contributed by atoms with Gasteiger partial charge in [0.05, 0.1) is 17.6 Å². The summed E-state index contributed by atoms with van der Waals surface area (Å²) in [6.45, 7) is 0.473. The minimum absolute atomic E-state index is 0.473. The van der Waals surface area contributed by atoms with E-state index in [1.807, 2.05) is 25.6 Å². The van der Waals surface area contributed by atoms with Crippen LogP contribution in [0.4, 0.5) is 0 Å². The highest BCUT2D eigenvalue weighted by molar-refractivity contribution is 7.15. The summed E-state index contributed by atoms with van der Waals surface area (Å²) in [5.74, 6) is 0. The van der Waals surface area contributed by atoms with E-state index in [1.54, 1.807) is 16.0 Å². The van der Waals surface area contributed by atoms with Crippen molar-refractivity contribution in [2.75, 3.05) is 0 Å². The van der Waals surface area contributed by atoms with Gasteiger partial charge >= 0.3 is 0 Å². The summed E-state index contributed by atoms with van der Waals surface area (Å²) >= 11 is 1.61. The molecule has 0 aliphatic heterocycles. The van der Waals surface area contributed by atoms with Gasteiger partial charge < -0.3 is 5.73 Å². The predicted molar refractivity (Wildman–Crippen MR) is 63.2 cm³/mol. The van der Waals surface area contributed by atoms with E-state index in [0.717, 1.165) is 21.9 Å². The molecule has 0 spiro atoms. The molecule has 0 unspecified atom stereocenters. The Balaban J connectivity index is 2.19. The molecule has 3 heterocycles. The standard InChI is InChI=1S/C10H11N5S/c1-14-4-7(3-12-14)9-6-16-10-13-8(2-11)5-15(9)10/h3-6H,2,11H2,1H3. The lowest BCUT2D eigenvalue weighted by Gasteiger charge is -1.93. The molecule has 3 rings (SSSR count). The minimum Gasteiger partial charge on any atom is -0.325 e. The molecule has 0 radical (unpaired) electrons. The summed E-state index contributed by atoms with van der Waals surface area (Å²) in [7, 11) is 1.91. The van der Waals surface area contributed by atoms with Crippen LogP contribution < -0.4 is 5.73 Å². The Morgan fingerprint density at radius 2 is 2.31 bits per heavy atom. The van der Waals surface area contributed by atoms with Gasteiger partial charge in [-0.3, -0.25) is 9.08 Å². The Morgan fingerprint density at radius 1 is 1.44 bits per heavy atom. The number of fused-ring (bicyclic) bond motifs is 1. The summed E-state index contributed by atoms with van der Waals surface area (Å²) in [6, 6.07) is 0. The van der Waals surface area contributed by atoms with Crippen LogP contribution in [0.25, 0.3) is 16.2 Å². The van der Waals surface area contributed by atoms with Crippen molar-refractivity contribution in [2.45, 2.75) is 6.54 Å². The Labute approximate surface area is 96.1 Å². The van der Waals surface area contributed by atoms with Crippen LogP contribution in [0.3, 0.4) is 0 Å². The average molecular weight is 233 g/mol. The van der Waals surface area contributed by atoms with Crippen LogP contribution in [0.1, 0.15) is 5.69 Å². The fourth-order valence-corrected chi connectivity index (χ4v) is 2.59. The fraction of sp³-hybridized carbons (Fsp3) is 0.200. The molecule has 0 atom stereocenters. The van der Waals surface area contributed by atoms with Crippen LogP contribution in [-0.2, 0) is 13.6 Å². The number of imidazole rings is 1. The van der Waals surface area contributed by atoms with Crippen LogP contribution in [0.5, 0.6) is 0 Å². The van der Waals surface area contributed by atoms with Crippen molar-refractivity contribution in [2.24, 2.45) is 12.8 Å². The predicted octanol–water partition coefficient (Wildman–Crippen LogP) is 1.25. The number of hydrogen-bond donors (Lipinski definition) is 1. The third-order valence-electron chi connectivity index (χ3n) is 2.47. The highest BCUT2D eigenvalue weighted by Gasteiger charge is 2.10. The average Bonchev–Trinajstić information content (AvgIpc) is 2.91. The number of hydrogen-bond acceptors (Lipinski definition) is 4. The second-order valence-electron chi connectivity index (χ2n) is 3.61. The lowest BCUT2D eigenvalue weighted by Crippen LogP contribution is -1.95. The Morgan fingerprint density at radius 3 is 3.00 bits per heavy atom. The molecule has 82 valence electrons. The monoisotopic (exact) mass is 233 g/mol. The molecular formula is C10H11N5S. The fourth-order valence-electron chi connectivity index (χ4n) is 1.69. The van der Waals surface area contributed by atoms with Gasteiger partial charge in [0.15, 0.2) is 4.96 Å².